The molecule has 2 rings (SSSR count). The van der Waals surface area contributed by atoms with Crippen LogP contribution in [0.4, 0.5) is 4.39 Å². The summed E-state index contributed by atoms with van der Waals surface area (Å²) >= 11 is 1.53. The van der Waals surface area contributed by atoms with Crippen LogP contribution in [0.5, 0.6) is 5.75 Å². The monoisotopic (exact) mass is 305 g/mol. The SMILES string of the molecule is CSc1ccccc1C(=O)NCCOc1ccc(F)cc1. The molecule has 0 aliphatic rings. The second-order valence-electron chi connectivity index (χ2n) is 4.26. The van der Waals surface area contributed by atoms with Crippen molar-refractivity contribution in [1.82, 2.24) is 5.32 Å². The summed E-state index contributed by atoms with van der Waals surface area (Å²) < 4.78 is 18.1. The minimum atomic E-state index is -0.302. The molecule has 2 aromatic rings. The summed E-state index contributed by atoms with van der Waals surface area (Å²) in [6.45, 7) is 0.720. The molecule has 21 heavy (non-hydrogen) atoms. The molecule has 0 aliphatic heterocycles. The van der Waals surface area contributed by atoms with Crippen LogP contribution in [-0.2, 0) is 0 Å². The maximum Gasteiger partial charge on any atom is 0.252 e. The molecule has 1 N–H and O–H groups in total. The predicted octanol–water partition coefficient (Wildman–Crippen LogP) is 3.36. The van der Waals surface area contributed by atoms with Gasteiger partial charge in [-0.2, -0.15) is 0 Å². The molecule has 110 valence electrons. The number of amides is 1. The Hall–Kier alpha value is -2.01. The van der Waals surface area contributed by atoms with Crippen LogP contribution in [-0.4, -0.2) is 25.3 Å². The van der Waals surface area contributed by atoms with Crippen molar-refractivity contribution in [2.45, 2.75) is 4.90 Å². The number of benzene rings is 2. The highest BCUT2D eigenvalue weighted by atomic mass is 32.2. The Bertz CT molecular complexity index is 601. The maximum atomic E-state index is 12.7. The molecule has 0 bridgehead atoms. The third kappa shape index (κ3) is 4.49. The van der Waals surface area contributed by atoms with Crippen LogP contribution in [0.3, 0.4) is 0 Å². The molecular weight excluding hydrogens is 289 g/mol. The van der Waals surface area contributed by atoms with Gasteiger partial charge in [-0.15, -0.1) is 11.8 Å². The number of carbonyl (C=O) groups is 1. The fourth-order valence-electron chi connectivity index (χ4n) is 1.79. The van der Waals surface area contributed by atoms with E-state index in [1.54, 1.807) is 18.2 Å². The molecular formula is C16H16FNO2S. The minimum absolute atomic E-state index is 0.123. The van der Waals surface area contributed by atoms with Gasteiger partial charge in [-0.1, -0.05) is 12.1 Å². The standard InChI is InChI=1S/C16H16FNO2S/c1-21-15-5-3-2-4-14(15)16(19)18-10-11-20-13-8-6-12(17)7-9-13/h2-9H,10-11H2,1H3,(H,18,19). The summed E-state index contributed by atoms with van der Waals surface area (Å²) in [5.41, 5.74) is 0.659. The number of nitrogens with one attached hydrogen (secondary N) is 1. The van der Waals surface area contributed by atoms with E-state index in [1.165, 1.54) is 23.9 Å². The Balaban J connectivity index is 1.80. The first-order valence-electron chi connectivity index (χ1n) is 6.50. The Morgan fingerprint density at radius 3 is 2.62 bits per heavy atom. The van der Waals surface area contributed by atoms with Crippen molar-refractivity contribution in [3.8, 4) is 5.75 Å². The fourth-order valence-corrected chi connectivity index (χ4v) is 2.39. The van der Waals surface area contributed by atoms with E-state index in [2.05, 4.69) is 5.32 Å². The van der Waals surface area contributed by atoms with E-state index < -0.39 is 0 Å². The number of halogens is 1. The first-order valence-corrected chi connectivity index (χ1v) is 7.73. The van der Waals surface area contributed by atoms with Gasteiger partial charge in [-0.25, -0.2) is 4.39 Å². The second-order valence-corrected chi connectivity index (χ2v) is 5.11. The minimum Gasteiger partial charge on any atom is -0.492 e. The van der Waals surface area contributed by atoms with E-state index >= 15 is 0 Å². The highest BCUT2D eigenvalue weighted by Gasteiger charge is 2.09. The maximum absolute atomic E-state index is 12.7. The number of ether oxygens (including phenoxy) is 1. The first-order chi connectivity index (χ1) is 10.2. The first kappa shape index (κ1) is 15.4. The molecule has 0 atom stereocenters. The molecule has 0 aromatic heterocycles. The number of carbonyl (C=O) groups excluding carboxylic acids is 1. The summed E-state index contributed by atoms with van der Waals surface area (Å²) in [4.78, 5) is 13.0. The van der Waals surface area contributed by atoms with E-state index in [0.29, 0.717) is 24.5 Å². The quantitative estimate of drug-likeness (QED) is 0.657. The molecule has 0 spiro atoms. The van der Waals surface area contributed by atoms with Gasteiger partial charge in [0.2, 0.25) is 0 Å². The van der Waals surface area contributed by atoms with Gasteiger partial charge in [0.15, 0.2) is 0 Å². The number of hydrogen-bond acceptors (Lipinski definition) is 3. The van der Waals surface area contributed by atoms with Crippen molar-refractivity contribution in [3.63, 3.8) is 0 Å². The average molecular weight is 305 g/mol. The highest BCUT2D eigenvalue weighted by molar-refractivity contribution is 7.98. The van der Waals surface area contributed by atoms with Crippen LogP contribution in [0.15, 0.2) is 53.4 Å². The van der Waals surface area contributed by atoms with Crippen molar-refractivity contribution in [2.75, 3.05) is 19.4 Å². The van der Waals surface area contributed by atoms with E-state index in [0.717, 1.165) is 4.90 Å². The molecule has 1 amide bonds. The van der Waals surface area contributed by atoms with Crippen LogP contribution >= 0.6 is 11.8 Å². The van der Waals surface area contributed by atoms with Crippen LogP contribution in [0.25, 0.3) is 0 Å². The molecule has 0 aliphatic carbocycles. The van der Waals surface area contributed by atoms with Crippen molar-refractivity contribution in [2.24, 2.45) is 0 Å². The number of thioether (sulfide) groups is 1. The van der Waals surface area contributed by atoms with Gasteiger partial charge in [-0.3, -0.25) is 4.79 Å². The molecule has 3 nitrogen and oxygen atoms in total. The van der Waals surface area contributed by atoms with Crippen molar-refractivity contribution in [3.05, 3.63) is 59.9 Å². The fraction of sp³-hybridized carbons (Fsp3) is 0.188. The third-order valence-corrected chi connectivity index (χ3v) is 3.62. The topological polar surface area (TPSA) is 38.3 Å². The van der Waals surface area contributed by atoms with Crippen LogP contribution in [0.2, 0.25) is 0 Å². The Morgan fingerprint density at radius 2 is 1.90 bits per heavy atom. The zero-order valence-corrected chi connectivity index (χ0v) is 12.5. The molecule has 0 fully saturated rings. The normalized spacial score (nSPS) is 10.2. The van der Waals surface area contributed by atoms with Gasteiger partial charge in [0.05, 0.1) is 12.1 Å². The highest BCUT2D eigenvalue weighted by Crippen LogP contribution is 2.19. The summed E-state index contributed by atoms with van der Waals surface area (Å²) in [5, 5.41) is 2.80. The van der Waals surface area contributed by atoms with Crippen molar-refractivity contribution in [1.29, 1.82) is 0 Å². The number of rotatable bonds is 6. The zero-order valence-electron chi connectivity index (χ0n) is 11.6. The lowest BCUT2D eigenvalue weighted by Gasteiger charge is -2.09. The van der Waals surface area contributed by atoms with Gasteiger partial charge < -0.3 is 10.1 Å². The Kier molecular flexibility index (Phi) is 5.63. The van der Waals surface area contributed by atoms with Crippen molar-refractivity contribution >= 4 is 17.7 Å². The zero-order chi connectivity index (χ0) is 15.1. The summed E-state index contributed by atoms with van der Waals surface area (Å²) in [5.74, 6) is 0.155. The van der Waals surface area contributed by atoms with E-state index in [9.17, 15) is 9.18 Å². The second kappa shape index (κ2) is 7.69. The van der Waals surface area contributed by atoms with E-state index in [-0.39, 0.29) is 11.7 Å². The smallest absolute Gasteiger partial charge is 0.252 e. The van der Waals surface area contributed by atoms with Gasteiger partial charge in [-0.05, 0) is 42.7 Å². The van der Waals surface area contributed by atoms with E-state index in [4.69, 9.17) is 4.74 Å². The molecule has 0 saturated heterocycles. The lowest BCUT2D eigenvalue weighted by atomic mass is 10.2. The van der Waals surface area contributed by atoms with Crippen LogP contribution < -0.4 is 10.1 Å². The van der Waals surface area contributed by atoms with Gasteiger partial charge in [0, 0.05) is 4.90 Å². The van der Waals surface area contributed by atoms with Gasteiger partial charge >= 0.3 is 0 Å². The third-order valence-electron chi connectivity index (χ3n) is 2.82. The Labute approximate surface area is 127 Å². The van der Waals surface area contributed by atoms with Crippen LogP contribution in [0.1, 0.15) is 10.4 Å². The molecule has 0 saturated carbocycles. The molecule has 0 unspecified atom stereocenters. The van der Waals surface area contributed by atoms with Gasteiger partial charge in [0.25, 0.3) is 5.91 Å². The van der Waals surface area contributed by atoms with Gasteiger partial charge in [0.1, 0.15) is 18.2 Å². The lowest BCUT2D eigenvalue weighted by Crippen LogP contribution is -2.28. The van der Waals surface area contributed by atoms with Crippen molar-refractivity contribution < 1.29 is 13.9 Å². The molecule has 2 aromatic carbocycles. The Morgan fingerprint density at radius 1 is 1.19 bits per heavy atom. The average Bonchev–Trinajstić information content (AvgIpc) is 2.53. The number of hydrogen-bond donors (Lipinski definition) is 1. The molecule has 5 heteroatoms. The van der Waals surface area contributed by atoms with E-state index in [1.807, 2.05) is 24.5 Å². The molecule has 0 heterocycles. The predicted molar refractivity (Wildman–Crippen MR) is 82.5 cm³/mol. The lowest BCUT2D eigenvalue weighted by molar-refractivity contribution is 0.0944. The van der Waals surface area contributed by atoms with Crippen LogP contribution in [0, 0.1) is 5.82 Å². The summed E-state index contributed by atoms with van der Waals surface area (Å²) in [7, 11) is 0. The summed E-state index contributed by atoms with van der Waals surface area (Å²) in [6.07, 6.45) is 1.93. The molecule has 0 radical (unpaired) electrons. The largest absolute Gasteiger partial charge is 0.492 e. The summed E-state index contributed by atoms with van der Waals surface area (Å²) in [6, 6.07) is 13.2.